The van der Waals surface area contributed by atoms with Crippen molar-refractivity contribution >= 4 is 0 Å². The van der Waals surface area contributed by atoms with Crippen LogP contribution < -0.4 is 0 Å². The Kier molecular flexibility index (Phi) is 6.39. The first-order chi connectivity index (χ1) is 5.54. The van der Waals surface area contributed by atoms with E-state index in [1.54, 1.807) is 0 Å². The molecule has 0 radical (unpaired) electrons. The van der Waals surface area contributed by atoms with Gasteiger partial charge in [0.25, 0.3) is 0 Å². The normalized spacial score (nSPS) is 12.0. The number of rotatable bonds is 6. The van der Waals surface area contributed by atoms with Gasteiger partial charge in [-0.25, -0.2) is 0 Å². The summed E-state index contributed by atoms with van der Waals surface area (Å²) in [7, 11) is 2.13. The molecule has 0 aromatic carbocycles. The molecular formula is C10H23NO. The molecule has 0 heterocycles. The van der Waals surface area contributed by atoms with Gasteiger partial charge in [0.05, 0.1) is 6.61 Å². The van der Waals surface area contributed by atoms with Gasteiger partial charge in [-0.2, -0.15) is 0 Å². The van der Waals surface area contributed by atoms with E-state index in [-0.39, 0.29) is 0 Å². The number of hydrogen-bond donors (Lipinski definition) is 0. The highest BCUT2D eigenvalue weighted by Crippen LogP contribution is 1.95. The quantitative estimate of drug-likeness (QED) is 0.570. The van der Waals surface area contributed by atoms with Crippen LogP contribution in [-0.2, 0) is 4.74 Å². The molecule has 0 spiro atoms. The molecule has 0 N–H and O–H groups in total. The van der Waals surface area contributed by atoms with Crippen molar-refractivity contribution in [3.63, 3.8) is 0 Å². The fourth-order valence-corrected chi connectivity index (χ4v) is 0.786. The molecule has 0 atom stereocenters. The number of ether oxygens (including phenoxy) is 1. The van der Waals surface area contributed by atoms with Gasteiger partial charge in [0.15, 0.2) is 0 Å². The van der Waals surface area contributed by atoms with E-state index < -0.39 is 0 Å². The van der Waals surface area contributed by atoms with Gasteiger partial charge in [-0.1, -0.05) is 13.8 Å². The summed E-state index contributed by atoms with van der Waals surface area (Å²) in [5.74, 6) is 0.648. The largest absolute Gasteiger partial charge is 0.380 e. The van der Waals surface area contributed by atoms with Gasteiger partial charge in [-0.15, -0.1) is 0 Å². The van der Waals surface area contributed by atoms with E-state index in [1.807, 2.05) is 0 Å². The molecule has 0 amide bonds. The molecule has 0 saturated heterocycles. The first-order valence-electron chi connectivity index (χ1n) is 4.82. The minimum absolute atomic E-state index is 0.618. The molecule has 0 rings (SSSR count). The van der Waals surface area contributed by atoms with Crippen molar-refractivity contribution in [3.05, 3.63) is 0 Å². The van der Waals surface area contributed by atoms with Crippen LogP contribution in [0.15, 0.2) is 0 Å². The maximum absolute atomic E-state index is 5.47. The highest BCUT2D eigenvalue weighted by molar-refractivity contribution is 4.55. The van der Waals surface area contributed by atoms with Crippen molar-refractivity contribution < 1.29 is 4.74 Å². The van der Waals surface area contributed by atoms with Crippen LogP contribution in [0.2, 0.25) is 0 Å². The summed E-state index contributed by atoms with van der Waals surface area (Å²) in [6.45, 7) is 11.5. The van der Waals surface area contributed by atoms with Gasteiger partial charge in [0.2, 0.25) is 0 Å². The van der Waals surface area contributed by atoms with Crippen LogP contribution in [0.4, 0.5) is 0 Å². The zero-order valence-corrected chi connectivity index (χ0v) is 9.13. The maximum Gasteiger partial charge on any atom is 0.0593 e. The molecule has 0 aliphatic carbocycles. The fraction of sp³-hybridized carbons (Fsp3) is 1.00. The standard InChI is InChI=1S/C10H23NO/c1-9(2)8-12-7-6-11(5)10(3)4/h9-10H,6-8H2,1-5H3. The van der Waals surface area contributed by atoms with Crippen molar-refractivity contribution in [2.45, 2.75) is 33.7 Å². The summed E-state index contributed by atoms with van der Waals surface area (Å²) in [6, 6.07) is 0.618. The lowest BCUT2D eigenvalue weighted by Gasteiger charge is -2.20. The third-order valence-electron chi connectivity index (χ3n) is 1.92. The van der Waals surface area contributed by atoms with Crippen molar-refractivity contribution in [2.24, 2.45) is 5.92 Å². The molecule has 2 heteroatoms. The number of hydrogen-bond acceptors (Lipinski definition) is 2. The second-order valence-electron chi connectivity index (χ2n) is 4.04. The van der Waals surface area contributed by atoms with Crippen LogP contribution in [0.1, 0.15) is 27.7 Å². The second kappa shape index (κ2) is 6.44. The Hall–Kier alpha value is -0.0800. The fourth-order valence-electron chi connectivity index (χ4n) is 0.786. The highest BCUT2D eigenvalue weighted by atomic mass is 16.5. The molecule has 0 bridgehead atoms. The first kappa shape index (κ1) is 11.9. The number of likely N-dealkylation sites (N-methyl/N-ethyl adjacent to an activating group) is 1. The summed E-state index contributed by atoms with van der Waals surface area (Å²) >= 11 is 0. The lowest BCUT2D eigenvalue weighted by Crippen LogP contribution is -2.30. The molecular weight excluding hydrogens is 150 g/mol. The molecule has 0 aromatic rings. The molecule has 2 nitrogen and oxygen atoms in total. The Bertz CT molecular complexity index is 102. The van der Waals surface area contributed by atoms with E-state index in [0.29, 0.717) is 12.0 Å². The van der Waals surface area contributed by atoms with Crippen LogP contribution in [0.3, 0.4) is 0 Å². The van der Waals surface area contributed by atoms with Crippen LogP contribution in [0, 0.1) is 5.92 Å². The predicted molar refractivity (Wildman–Crippen MR) is 53.4 cm³/mol. The minimum Gasteiger partial charge on any atom is -0.380 e. The summed E-state index contributed by atoms with van der Waals surface area (Å²) in [4.78, 5) is 2.29. The Morgan fingerprint density at radius 2 is 1.75 bits per heavy atom. The van der Waals surface area contributed by atoms with Crippen LogP contribution in [0.25, 0.3) is 0 Å². The van der Waals surface area contributed by atoms with E-state index in [1.165, 1.54) is 0 Å². The molecule has 0 unspecified atom stereocenters. The second-order valence-corrected chi connectivity index (χ2v) is 4.04. The van der Waals surface area contributed by atoms with Gasteiger partial charge >= 0.3 is 0 Å². The zero-order chi connectivity index (χ0) is 9.56. The van der Waals surface area contributed by atoms with Crippen LogP contribution in [0.5, 0.6) is 0 Å². The van der Waals surface area contributed by atoms with E-state index in [2.05, 4.69) is 39.6 Å². The zero-order valence-electron chi connectivity index (χ0n) is 9.13. The predicted octanol–water partition coefficient (Wildman–Crippen LogP) is 2.00. The molecule has 12 heavy (non-hydrogen) atoms. The van der Waals surface area contributed by atoms with Crippen molar-refractivity contribution in [1.29, 1.82) is 0 Å². The Labute approximate surface area is 76.9 Å². The molecule has 0 fully saturated rings. The summed E-state index contributed by atoms with van der Waals surface area (Å²) in [6.07, 6.45) is 0. The minimum atomic E-state index is 0.618. The lowest BCUT2D eigenvalue weighted by molar-refractivity contribution is 0.0851. The smallest absolute Gasteiger partial charge is 0.0593 e. The van der Waals surface area contributed by atoms with Gasteiger partial charge in [0, 0.05) is 19.2 Å². The van der Waals surface area contributed by atoms with Crippen molar-refractivity contribution in [3.8, 4) is 0 Å². The Morgan fingerprint density at radius 1 is 1.17 bits per heavy atom. The van der Waals surface area contributed by atoms with Crippen LogP contribution in [-0.4, -0.2) is 37.7 Å². The third kappa shape index (κ3) is 6.62. The van der Waals surface area contributed by atoms with Crippen molar-refractivity contribution in [2.75, 3.05) is 26.8 Å². The lowest BCUT2D eigenvalue weighted by atomic mass is 10.2. The van der Waals surface area contributed by atoms with E-state index in [4.69, 9.17) is 4.74 Å². The highest BCUT2D eigenvalue weighted by Gasteiger charge is 2.02. The number of nitrogens with zero attached hydrogens (tertiary/aromatic N) is 1. The van der Waals surface area contributed by atoms with Crippen LogP contribution >= 0.6 is 0 Å². The Morgan fingerprint density at radius 3 is 2.17 bits per heavy atom. The third-order valence-corrected chi connectivity index (χ3v) is 1.92. The summed E-state index contributed by atoms with van der Waals surface area (Å²) in [5.41, 5.74) is 0. The average molecular weight is 173 g/mol. The summed E-state index contributed by atoms with van der Waals surface area (Å²) in [5, 5.41) is 0. The topological polar surface area (TPSA) is 12.5 Å². The molecule has 0 saturated carbocycles. The SMILES string of the molecule is CC(C)COCCN(C)C(C)C. The maximum atomic E-state index is 5.47. The molecule has 0 aromatic heterocycles. The van der Waals surface area contributed by atoms with E-state index >= 15 is 0 Å². The molecule has 0 aliphatic heterocycles. The van der Waals surface area contributed by atoms with Crippen molar-refractivity contribution in [1.82, 2.24) is 4.90 Å². The molecule has 0 aliphatic rings. The monoisotopic (exact) mass is 173 g/mol. The average Bonchev–Trinajstić information content (AvgIpc) is 1.97. The van der Waals surface area contributed by atoms with E-state index in [9.17, 15) is 0 Å². The van der Waals surface area contributed by atoms with Gasteiger partial charge in [0.1, 0.15) is 0 Å². The van der Waals surface area contributed by atoms with Gasteiger partial charge in [-0.3, -0.25) is 0 Å². The van der Waals surface area contributed by atoms with Gasteiger partial charge < -0.3 is 9.64 Å². The Balaban J connectivity index is 3.20. The first-order valence-corrected chi connectivity index (χ1v) is 4.82. The molecule has 74 valence electrons. The van der Waals surface area contributed by atoms with Gasteiger partial charge in [-0.05, 0) is 26.8 Å². The van der Waals surface area contributed by atoms with E-state index in [0.717, 1.165) is 19.8 Å². The summed E-state index contributed by atoms with van der Waals surface area (Å²) < 4.78 is 5.47.